The second kappa shape index (κ2) is 6.45. The van der Waals surface area contributed by atoms with Gasteiger partial charge in [-0.1, -0.05) is 28.1 Å². The van der Waals surface area contributed by atoms with Crippen molar-refractivity contribution in [3.8, 4) is 0 Å². The lowest BCUT2D eigenvalue weighted by Gasteiger charge is -2.19. The van der Waals surface area contributed by atoms with Gasteiger partial charge in [0.05, 0.1) is 0 Å². The number of nitrogens with zero attached hydrogens (tertiary/aromatic N) is 1. The number of rotatable bonds is 2. The molecule has 0 aliphatic heterocycles. The Bertz CT molecular complexity index is 451. The van der Waals surface area contributed by atoms with Crippen LogP contribution in [0.5, 0.6) is 0 Å². The molecular formula is C12H15BrNO3S-. The summed E-state index contributed by atoms with van der Waals surface area (Å²) in [7, 11) is -1.61. The highest BCUT2D eigenvalue weighted by atomic mass is 79.9. The Kier molecular flexibility index (Phi) is 5.49. The quantitative estimate of drug-likeness (QED) is 0.827. The molecule has 6 heteroatoms. The second-order valence-corrected chi connectivity index (χ2v) is 6.69. The summed E-state index contributed by atoms with van der Waals surface area (Å²) in [6, 6.07) is 7.35. The zero-order valence-electron chi connectivity index (χ0n) is 10.5. The summed E-state index contributed by atoms with van der Waals surface area (Å²) in [5.41, 5.74) is 0.228. The van der Waals surface area contributed by atoms with E-state index in [2.05, 4.69) is 20.3 Å². The molecule has 1 atom stereocenters. The Morgan fingerprint density at radius 3 is 2.44 bits per heavy atom. The predicted octanol–water partition coefficient (Wildman–Crippen LogP) is 3.82. The van der Waals surface area contributed by atoms with Gasteiger partial charge in [-0.15, -0.1) is 0 Å². The Hall–Kier alpha value is -0.720. The first kappa shape index (κ1) is 15.3. The molecule has 0 aliphatic rings. The van der Waals surface area contributed by atoms with Crippen LogP contribution in [-0.2, 0) is 21.5 Å². The first-order valence-electron chi connectivity index (χ1n) is 5.34. The monoisotopic (exact) mass is 332 g/mol. The molecule has 0 saturated carbocycles. The lowest BCUT2D eigenvalue weighted by atomic mass is 10.2. The van der Waals surface area contributed by atoms with E-state index in [4.69, 9.17) is 4.74 Å². The summed E-state index contributed by atoms with van der Waals surface area (Å²) in [5.74, 6) is 0.201. The molecule has 0 aromatic heterocycles. The number of hydrogen-bond donors (Lipinski definition) is 0. The van der Waals surface area contributed by atoms with Gasteiger partial charge in [-0.3, -0.25) is 0 Å². The standard InChI is InChI=1S/C12H16BrNO3S/c1-12(2,3)17-11(15)14-18(16)8-9-4-6-10(13)7-5-9/h4-7H,8H2,1-3H3,(H,14,15,16)/p-1. The van der Waals surface area contributed by atoms with Crippen molar-refractivity contribution in [1.29, 1.82) is 0 Å². The van der Waals surface area contributed by atoms with Crippen LogP contribution in [0, 0.1) is 0 Å². The lowest BCUT2D eigenvalue weighted by Crippen LogP contribution is -2.22. The fraction of sp³-hybridized carbons (Fsp3) is 0.417. The summed E-state index contributed by atoms with van der Waals surface area (Å²) >= 11 is 3.31. The number of hydrogen-bond acceptors (Lipinski definition) is 3. The molecule has 1 rings (SSSR count). The summed E-state index contributed by atoms with van der Waals surface area (Å²) < 4.78 is 21.0. The van der Waals surface area contributed by atoms with Crippen molar-refractivity contribution < 1.29 is 14.1 Å². The minimum Gasteiger partial charge on any atom is -0.788 e. The van der Waals surface area contributed by atoms with E-state index in [1.165, 1.54) is 0 Å². The van der Waals surface area contributed by atoms with E-state index >= 15 is 0 Å². The Balaban J connectivity index is 2.62. The van der Waals surface area contributed by atoms with E-state index in [-0.39, 0.29) is 5.75 Å². The van der Waals surface area contributed by atoms with E-state index in [1.54, 1.807) is 20.8 Å². The van der Waals surface area contributed by atoms with Crippen LogP contribution in [0.1, 0.15) is 26.3 Å². The topological polar surface area (TPSA) is 61.7 Å². The Labute approximate surface area is 118 Å². The van der Waals surface area contributed by atoms with Gasteiger partial charge in [-0.05, 0) is 38.5 Å². The molecule has 0 saturated heterocycles. The average Bonchev–Trinajstić information content (AvgIpc) is 2.18. The highest BCUT2D eigenvalue weighted by Crippen LogP contribution is 2.13. The summed E-state index contributed by atoms with van der Waals surface area (Å²) in [5, 5.41) is 0. The second-order valence-electron chi connectivity index (χ2n) is 4.66. The number of carbonyl (C=O) groups is 1. The van der Waals surface area contributed by atoms with Crippen molar-refractivity contribution >= 4 is 33.0 Å². The van der Waals surface area contributed by atoms with E-state index in [9.17, 15) is 9.35 Å². The minimum absolute atomic E-state index is 0.201. The van der Waals surface area contributed by atoms with Crippen LogP contribution in [0.25, 0.3) is 0 Å². The Morgan fingerprint density at radius 1 is 1.39 bits per heavy atom. The van der Waals surface area contributed by atoms with E-state index in [0.29, 0.717) is 0 Å². The smallest absolute Gasteiger partial charge is 0.439 e. The number of halogens is 1. The summed E-state index contributed by atoms with van der Waals surface area (Å²) in [4.78, 5) is 11.3. The van der Waals surface area contributed by atoms with Gasteiger partial charge < -0.3 is 9.29 Å². The van der Waals surface area contributed by atoms with Crippen molar-refractivity contribution in [1.82, 2.24) is 0 Å². The van der Waals surface area contributed by atoms with E-state index in [0.717, 1.165) is 10.0 Å². The fourth-order valence-electron chi connectivity index (χ4n) is 1.12. The number of carbonyl (C=O) groups excluding carboxylic acids is 1. The van der Waals surface area contributed by atoms with Crippen LogP contribution in [0.15, 0.2) is 33.1 Å². The van der Waals surface area contributed by atoms with Crippen LogP contribution in [0.2, 0.25) is 0 Å². The summed E-state index contributed by atoms with van der Waals surface area (Å²) in [6.45, 7) is 5.20. The molecule has 18 heavy (non-hydrogen) atoms. The van der Waals surface area contributed by atoms with Gasteiger partial charge in [0, 0.05) is 10.2 Å². The third-order valence-electron chi connectivity index (χ3n) is 1.77. The molecule has 0 fully saturated rings. The third-order valence-corrected chi connectivity index (χ3v) is 3.23. The van der Waals surface area contributed by atoms with Crippen LogP contribution < -0.4 is 0 Å². The molecular weight excluding hydrogens is 318 g/mol. The van der Waals surface area contributed by atoms with Gasteiger partial charge in [0.1, 0.15) is 5.60 Å². The Morgan fingerprint density at radius 2 is 1.94 bits per heavy atom. The van der Waals surface area contributed by atoms with Crippen LogP contribution in [0.4, 0.5) is 4.79 Å². The number of amides is 1. The largest absolute Gasteiger partial charge is 0.788 e. The van der Waals surface area contributed by atoms with Crippen molar-refractivity contribution in [3.63, 3.8) is 0 Å². The van der Waals surface area contributed by atoms with Crippen molar-refractivity contribution in [3.05, 3.63) is 34.3 Å². The lowest BCUT2D eigenvalue weighted by molar-refractivity contribution is 0.0607. The zero-order chi connectivity index (χ0) is 13.8. The first-order chi connectivity index (χ1) is 8.26. The average molecular weight is 333 g/mol. The predicted molar refractivity (Wildman–Crippen MR) is 74.7 cm³/mol. The minimum atomic E-state index is -1.61. The highest BCUT2D eigenvalue weighted by molar-refractivity contribution is 9.10. The fourth-order valence-corrected chi connectivity index (χ4v) is 2.13. The third kappa shape index (κ3) is 6.28. The molecule has 0 radical (unpaired) electrons. The molecule has 1 amide bonds. The maximum absolute atomic E-state index is 11.6. The van der Waals surface area contributed by atoms with E-state index < -0.39 is 22.7 Å². The van der Waals surface area contributed by atoms with Gasteiger partial charge in [0.25, 0.3) is 0 Å². The van der Waals surface area contributed by atoms with Crippen LogP contribution >= 0.6 is 15.9 Å². The normalized spacial score (nSPS) is 13.4. The van der Waals surface area contributed by atoms with Gasteiger partial charge in [-0.25, -0.2) is 4.79 Å². The van der Waals surface area contributed by atoms with Crippen molar-refractivity contribution in [2.45, 2.75) is 32.1 Å². The molecule has 1 unspecified atom stereocenters. The molecule has 0 aliphatic carbocycles. The van der Waals surface area contributed by atoms with E-state index in [1.807, 2.05) is 24.3 Å². The number of benzene rings is 1. The maximum atomic E-state index is 11.6. The number of ether oxygens (including phenoxy) is 1. The van der Waals surface area contributed by atoms with Gasteiger partial charge in [0.2, 0.25) is 0 Å². The summed E-state index contributed by atoms with van der Waals surface area (Å²) in [6.07, 6.45) is -0.794. The molecule has 100 valence electrons. The molecule has 0 spiro atoms. The van der Waals surface area contributed by atoms with Gasteiger partial charge in [0.15, 0.2) is 0 Å². The van der Waals surface area contributed by atoms with Gasteiger partial charge >= 0.3 is 6.09 Å². The highest BCUT2D eigenvalue weighted by Gasteiger charge is 2.15. The first-order valence-corrected chi connectivity index (χ1v) is 7.41. The van der Waals surface area contributed by atoms with Crippen LogP contribution in [0.3, 0.4) is 0 Å². The van der Waals surface area contributed by atoms with Gasteiger partial charge in [-0.2, -0.15) is 15.3 Å². The van der Waals surface area contributed by atoms with Crippen LogP contribution in [-0.4, -0.2) is 16.2 Å². The SMILES string of the molecule is CC(C)(C)OC(=O)N=S([O-])Cc1ccc(Br)cc1. The molecule has 0 heterocycles. The zero-order valence-corrected chi connectivity index (χ0v) is 12.9. The molecule has 0 bridgehead atoms. The molecule has 1 aromatic rings. The molecule has 1 aromatic carbocycles. The van der Waals surface area contributed by atoms with Crippen molar-refractivity contribution in [2.24, 2.45) is 4.36 Å². The van der Waals surface area contributed by atoms with Crippen molar-refractivity contribution in [2.75, 3.05) is 0 Å². The maximum Gasteiger partial charge on any atom is 0.439 e. The molecule has 4 nitrogen and oxygen atoms in total. The molecule has 0 N–H and O–H groups in total.